The van der Waals surface area contributed by atoms with Gasteiger partial charge in [-0.1, -0.05) is 200 Å². The lowest BCUT2D eigenvalue weighted by Crippen LogP contribution is -2.28. The summed E-state index contributed by atoms with van der Waals surface area (Å²) in [4.78, 5) is 22.4. The lowest BCUT2D eigenvalue weighted by atomic mass is 10.0. The van der Waals surface area contributed by atoms with Crippen LogP contribution in [0.4, 0.5) is 0 Å². The molecule has 0 bridgehead atoms. The van der Waals surface area contributed by atoms with E-state index in [2.05, 4.69) is 13.8 Å². The minimum absolute atomic E-state index is 0.0906. The smallest absolute Gasteiger partial charge is 0.457 e. The molecule has 2 atom stereocenters. The standard InChI is InChI=1S/C41H84NO7P/c1-3-5-7-9-11-13-14-15-16-17-18-19-20-21-22-23-24-25-26-27-28-30-32-34-41(43)49-40(39-48-50(44,45)47-37-35-42)38-46-36-33-31-29-12-10-8-6-4-2/h40H,3-39,42H2,1-2H3,(H,44,45). The minimum atomic E-state index is -4.26. The first kappa shape index (κ1) is 49.5. The fourth-order valence-electron chi connectivity index (χ4n) is 6.35. The zero-order valence-corrected chi connectivity index (χ0v) is 34.1. The van der Waals surface area contributed by atoms with Crippen LogP contribution >= 0.6 is 7.82 Å². The third kappa shape index (κ3) is 38.7. The van der Waals surface area contributed by atoms with Crippen molar-refractivity contribution in [1.82, 2.24) is 0 Å². The Labute approximate surface area is 310 Å². The van der Waals surface area contributed by atoms with Gasteiger partial charge >= 0.3 is 13.8 Å². The molecule has 0 saturated carbocycles. The van der Waals surface area contributed by atoms with Gasteiger partial charge in [0.15, 0.2) is 0 Å². The molecule has 0 aromatic heterocycles. The summed E-state index contributed by atoms with van der Waals surface area (Å²) in [5.41, 5.74) is 5.35. The maximum absolute atomic E-state index is 12.5. The molecular formula is C41H84NO7P. The minimum Gasteiger partial charge on any atom is -0.457 e. The molecule has 50 heavy (non-hydrogen) atoms. The van der Waals surface area contributed by atoms with Gasteiger partial charge in [-0.05, 0) is 12.8 Å². The van der Waals surface area contributed by atoms with Gasteiger partial charge < -0.3 is 20.1 Å². The van der Waals surface area contributed by atoms with E-state index in [0.717, 1.165) is 32.1 Å². The summed E-state index contributed by atoms with van der Waals surface area (Å²) in [7, 11) is -4.26. The van der Waals surface area contributed by atoms with Crippen molar-refractivity contribution in [3.63, 3.8) is 0 Å². The van der Waals surface area contributed by atoms with Crippen LogP contribution in [0.5, 0.6) is 0 Å². The highest BCUT2D eigenvalue weighted by atomic mass is 31.2. The Morgan fingerprint density at radius 2 is 0.880 bits per heavy atom. The number of carbonyl (C=O) groups excluding carboxylic acids is 1. The van der Waals surface area contributed by atoms with Crippen LogP contribution in [0.2, 0.25) is 0 Å². The van der Waals surface area contributed by atoms with Crippen LogP contribution in [0.25, 0.3) is 0 Å². The van der Waals surface area contributed by atoms with Gasteiger partial charge in [-0.25, -0.2) is 4.57 Å². The van der Waals surface area contributed by atoms with Gasteiger partial charge in [-0.3, -0.25) is 13.8 Å². The van der Waals surface area contributed by atoms with E-state index in [1.165, 1.54) is 167 Å². The summed E-state index contributed by atoms with van der Waals surface area (Å²) in [6.07, 6.45) is 39.9. The van der Waals surface area contributed by atoms with Crippen LogP contribution in [0.15, 0.2) is 0 Å². The summed E-state index contributed by atoms with van der Waals surface area (Å²) in [6, 6.07) is 0. The average molecular weight is 734 g/mol. The van der Waals surface area contributed by atoms with Crippen molar-refractivity contribution in [3.8, 4) is 0 Å². The second-order valence-corrected chi connectivity index (χ2v) is 16.0. The quantitative estimate of drug-likeness (QED) is 0.0362. The number of ether oxygens (including phenoxy) is 2. The Balaban J connectivity index is 3.82. The number of rotatable bonds is 42. The molecule has 0 aromatic rings. The lowest BCUT2D eigenvalue weighted by molar-refractivity contribution is -0.154. The molecule has 0 spiro atoms. The van der Waals surface area contributed by atoms with E-state index in [4.69, 9.17) is 24.3 Å². The third-order valence-electron chi connectivity index (χ3n) is 9.52. The number of nitrogens with two attached hydrogens (primary N) is 1. The largest absolute Gasteiger partial charge is 0.472 e. The summed E-state index contributed by atoms with van der Waals surface area (Å²) in [5, 5.41) is 0. The predicted octanol–water partition coefficient (Wildman–Crippen LogP) is 12.5. The van der Waals surface area contributed by atoms with Crippen molar-refractivity contribution < 1.29 is 32.8 Å². The molecule has 0 aromatic carbocycles. The van der Waals surface area contributed by atoms with E-state index < -0.39 is 13.9 Å². The topological polar surface area (TPSA) is 117 Å². The Bertz CT molecular complexity index is 742. The first-order valence-corrected chi connectivity index (χ1v) is 23.0. The first-order chi connectivity index (χ1) is 24.4. The van der Waals surface area contributed by atoms with E-state index in [-0.39, 0.29) is 32.3 Å². The SMILES string of the molecule is CCCCCCCCCCCCCCCCCCCCCCCCCC(=O)OC(COCCCCCCCCCC)COP(=O)(O)OCCN. The molecule has 0 heterocycles. The van der Waals surface area contributed by atoms with Gasteiger partial charge in [0, 0.05) is 19.6 Å². The van der Waals surface area contributed by atoms with Gasteiger partial charge in [0.05, 0.1) is 19.8 Å². The van der Waals surface area contributed by atoms with Crippen LogP contribution in [0, 0.1) is 0 Å². The molecule has 9 heteroatoms. The molecule has 0 aliphatic heterocycles. The van der Waals surface area contributed by atoms with Gasteiger partial charge in [-0.15, -0.1) is 0 Å². The van der Waals surface area contributed by atoms with Crippen molar-refractivity contribution in [2.75, 3.05) is 33.0 Å². The summed E-state index contributed by atoms with van der Waals surface area (Å²) in [6.45, 7) is 4.95. The van der Waals surface area contributed by atoms with Crippen molar-refractivity contribution >= 4 is 13.8 Å². The van der Waals surface area contributed by atoms with Crippen LogP contribution in [-0.2, 0) is 27.9 Å². The van der Waals surface area contributed by atoms with Crippen molar-refractivity contribution in [1.29, 1.82) is 0 Å². The Morgan fingerprint density at radius 3 is 1.26 bits per heavy atom. The summed E-state index contributed by atoms with van der Waals surface area (Å²) < 4.78 is 33.3. The zero-order chi connectivity index (χ0) is 36.6. The van der Waals surface area contributed by atoms with Crippen molar-refractivity contribution in [3.05, 3.63) is 0 Å². The fourth-order valence-corrected chi connectivity index (χ4v) is 7.12. The predicted molar refractivity (Wildman–Crippen MR) is 211 cm³/mol. The molecule has 0 aliphatic carbocycles. The van der Waals surface area contributed by atoms with Crippen molar-refractivity contribution in [2.45, 2.75) is 225 Å². The molecular weight excluding hydrogens is 649 g/mol. The van der Waals surface area contributed by atoms with Gasteiger partial charge in [0.2, 0.25) is 0 Å². The number of esters is 1. The number of hydrogen-bond donors (Lipinski definition) is 2. The van der Waals surface area contributed by atoms with E-state index in [1.54, 1.807) is 0 Å². The van der Waals surface area contributed by atoms with Gasteiger partial charge in [-0.2, -0.15) is 0 Å². The fraction of sp³-hybridized carbons (Fsp3) is 0.976. The number of hydrogen-bond acceptors (Lipinski definition) is 7. The number of phosphoric ester groups is 1. The van der Waals surface area contributed by atoms with E-state index >= 15 is 0 Å². The molecule has 0 radical (unpaired) electrons. The highest BCUT2D eigenvalue weighted by Crippen LogP contribution is 2.43. The van der Waals surface area contributed by atoms with Crippen LogP contribution < -0.4 is 5.73 Å². The monoisotopic (exact) mass is 734 g/mol. The molecule has 2 unspecified atom stereocenters. The third-order valence-corrected chi connectivity index (χ3v) is 10.5. The molecule has 300 valence electrons. The van der Waals surface area contributed by atoms with Gasteiger partial charge in [0.1, 0.15) is 6.10 Å². The highest BCUT2D eigenvalue weighted by molar-refractivity contribution is 7.47. The molecule has 3 N–H and O–H groups in total. The first-order valence-electron chi connectivity index (χ1n) is 21.5. The Kier molecular flexibility index (Phi) is 39.3. The lowest BCUT2D eigenvalue weighted by Gasteiger charge is -2.20. The van der Waals surface area contributed by atoms with E-state index in [0.29, 0.717) is 13.0 Å². The Hall–Kier alpha value is -0.500. The van der Waals surface area contributed by atoms with Gasteiger partial charge in [0.25, 0.3) is 0 Å². The average Bonchev–Trinajstić information content (AvgIpc) is 3.10. The van der Waals surface area contributed by atoms with E-state index in [1.807, 2.05) is 0 Å². The summed E-state index contributed by atoms with van der Waals surface area (Å²) >= 11 is 0. The number of carbonyl (C=O) groups is 1. The zero-order valence-electron chi connectivity index (χ0n) is 33.2. The molecule has 0 fully saturated rings. The van der Waals surface area contributed by atoms with Crippen LogP contribution in [0.1, 0.15) is 219 Å². The molecule has 0 rings (SSSR count). The maximum atomic E-state index is 12.5. The maximum Gasteiger partial charge on any atom is 0.472 e. The molecule has 0 aliphatic rings. The Morgan fingerprint density at radius 1 is 0.520 bits per heavy atom. The normalized spacial score (nSPS) is 13.4. The summed E-state index contributed by atoms with van der Waals surface area (Å²) in [5.74, 6) is -0.326. The van der Waals surface area contributed by atoms with Crippen LogP contribution in [-0.4, -0.2) is 49.9 Å². The molecule has 0 saturated heterocycles. The second-order valence-electron chi connectivity index (χ2n) is 14.6. The second kappa shape index (κ2) is 39.7. The number of phosphoric acid groups is 1. The molecule has 8 nitrogen and oxygen atoms in total. The highest BCUT2D eigenvalue weighted by Gasteiger charge is 2.25. The number of unbranched alkanes of at least 4 members (excludes halogenated alkanes) is 29. The molecule has 0 amide bonds. The van der Waals surface area contributed by atoms with Crippen molar-refractivity contribution in [2.24, 2.45) is 5.73 Å². The van der Waals surface area contributed by atoms with E-state index in [9.17, 15) is 14.3 Å². The van der Waals surface area contributed by atoms with Crippen LogP contribution in [0.3, 0.4) is 0 Å².